The van der Waals surface area contributed by atoms with Crippen LogP contribution in [0.15, 0.2) is 12.2 Å². The SMILES string of the molecule is CCCCCCCCCCCC/C=C/C(O)C(CO)NC(=O)CCCCCCCCCCCCCCCCCCC. The van der Waals surface area contributed by atoms with Gasteiger partial charge in [-0.2, -0.15) is 0 Å². The summed E-state index contributed by atoms with van der Waals surface area (Å²) in [5.41, 5.74) is 0. The van der Waals surface area contributed by atoms with E-state index in [1.807, 2.05) is 6.08 Å². The summed E-state index contributed by atoms with van der Waals surface area (Å²) in [6.07, 6.45) is 40.1. The van der Waals surface area contributed by atoms with Crippen LogP contribution in [0.4, 0.5) is 0 Å². The molecule has 0 heterocycles. The molecule has 1 amide bonds. The largest absolute Gasteiger partial charge is 0.394 e. The molecule has 0 bridgehead atoms. The van der Waals surface area contributed by atoms with Crippen molar-refractivity contribution in [2.75, 3.05) is 6.61 Å². The zero-order chi connectivity index (χ0) is 30.1. The molecule has 0 aliphatic carbocycles. The zero-order valence-corrected chi connectivity index (χ0v) is 27.8. The lowest BCUT2D eigenvalue weighted by Crippen LogP contribution is -2.45. The Balaban J connectivity index is 3.57. The molecule has 4 heteroatoms. The minimum atomic E-state index is -0.831. The number of amides is 1. The molecule has 0 aliphatic heterocycles. The Morgan fingerprint density at radius 2 is 0.902 bits per heavy atom. The van der Waals surface area contributed by atoms with Gasteiger partial charge in [-0.1, -0.05) is 187 Å². The first kappa shape index (κ1) is 40.1. The van der Waals surface area contributed by atoms with Crippen LogP contribution in [0.1, 0.15) is 200 Å². The van der Waals surface area contributed by atoms with E-state index in [-0.39, 0.29) is 12.5 Å². The highest BCUT2D eigenvalue weighted by atomic mass is 16.3. The van der Waals surface area contributed by atoms with Crippen molar-refractivity contribution in [2.45, 2.75) is 212 Å². The van der Waals surface area contributed by atoms with E-state index in [2.05, 4.69) is 19.2 Å². The summed E-state index contributed by atoms with van der Waals surface area (Å²) in [4.78, 5) is 12.3. The van der Waals surface area contributed by atoms with Gasteiger partial charge in [0.15, 0.2) is 0 Å². The molecule has 0 aromatic heterocycles. The first-order chi connectivity index (χ1) is 20.2. The Bertz CT molecular complexity index is 550. The normalized spacial score (nSPS) is 13.2. The van der Waals surface area contributed by atoms with E-state index in [1.165, 1.54) is 154 Å². The number of aliphatic hydroxyl groups is 2. The molecule has 2 atom stereocenters. The first-order valence-electron chi connectivity index (χ1n) is 18.4. The highest BCUT2D eigenvalue weighted by Crippen LogP contribution is 2.15. The number of aliphatic hydroxyl groups excluding tert-OH is 2. The van der Waals surface area contributed by atoms with Crippen molar-refractivity contribution in [2.24, 2.45) is 0 Å². The third-order valence-corrected chi connectivity index (χ3v) is 8.52. The van der Waals surface area contributed by atoms with Crippen molar-refractivity contribution < 1.29 is 15.0 Å². The Morgan fingerprint density at radius 1 is 0.561 bits per heavy atom. The molecule has 0 rings (SSSR count). The molecular formula is C37H73NO3. The summed E-state index contributed by atoms with van der Waals surface area (Å²) in [6, 6.07) is -0.614. The molecule has 244 valence electrons. The van der Waals surface area contributed by atoms with Crippen LogP contribution in [0.3, 0.4) is 0 Å². The van der Waals surface area contributed by atoms with E-state index in [0.29, 0.717) is 6.42 Å². The first-order valence-corrected chi connectivity index (χ1v) is 18.4. The number of allylic oxidation sites excluding steroid dienone is 1. The summed E-state index contributed by atoms with van der Waals surface area (Å²) in [7, 11) is 0. The van der Waals surface area contributed by atoms with Gasteiger partial charge in [-0.25, -0.2) is 0 Å². The van der Waals surface area contributed by atoms with Gasteiger partial charge in [-0.15, -0.1) is 0 Å². The third kappa shape index (κ3) is 30.4. The number of carbonyl (C=O) groups excluding carboxylic acids is 1. The van der Waals surface area contributed by atoms with Gasteiger partial charge >= 0.3 is 0 Å². The number of unbranched alkanes of at least 4 members (excludes halogenated alkanes) is 26. The molecule has 41 heavy (non-hydrogen) atoms. The van der Waals surface area contributed by atoms with Gasteiger partial charge < -0.3 is 15.5 Å². The number of nitrogens with one attached hydrogen (secondary N) is 1. The molecule has 4 nitrogen and oxygen atoms in total. The molecule has 0 saturated carbocycles. The Labute approximate surface area is 256 Å². The standard InChI is InChI=1S/C37H73NO3/c1-3-5-7-9-11-13-15-17-18-19-20-21-23-25-27-29-31-33-37(41)38-35(34-39)36(40)32-30-28-26-24-22-16-14-12-10-8-6-4-2/h30,32,35-36,39-40H,3-29,31,33-34H2,1-2H3,(H,38,41)/b32-30+. The summed E-state index contributed by atoms with van der Waals surface area (Å²) in [5.74, 6) is -0.0628. The average molecular weight is 580 g/mol. The van der Waals surface area contributed by atoms with Crippen LogP contribution >= 0.6 is 0 Å². The maximum atomic E-state index is 12.3. The predicted molar refractivity (Wildman–Crippen MR) is 179 cm³/mol. The molecule has 2 unspecified atom stereocenters. The van der Waals surface area contributed by atoms with Crippen molar-refractivity contribution in [3.05, 3.63) is 12.2 Å². The van der Waals surface area contributed by atoms with Gasteiger partial charge in [0, 0.05) is 6.42 Å². The van der Waals surface area contributed by atoms with Crippen molar-refractivity contribution in [3.8, 4) is 0 Å². The van der Waals surface area contributed by atoms with Crippen molar-refractivity contribution in [3.63, 3.8) is 0 Å². The summed E-state index contributed by atoms with van der Waals surface area (Å²) < 4.78 is 0. The van der Waals surface area contributed by atoms with Crippen molar-refractivity contribution in [1.29, 1.82) is 0 Å². The minimum absolute atomic E-state index is 0.0628. The summed E-state index contributed by atoms with van der Waals surface area (Å²) >= 11 is 0. The van der Waals surface area contributed by atoms with Crippen LogP contribution < -0.4 is 5.32 Å². The third-order valence-electron chi connectivity index (χ3n) is 8.52. The molecular weight excluding hydrogens is 506 g/mol. The molecule has 0 fully saturated rings. The van der Waals surface area contributed by atoms with Crippen molar-refractivity contribution >= 4 is 5.91 Å². The van der Waals surface area contributed by atoms with Gasteiger partial charge in [0.25, 0.3) is 0 Å². The highest BCUT2D eigenvalue weighted by Gasteiger charge is 2.17. The topological polar surface area (TPSA) is 69.6 Å². The number of carbonyl (C=O) groups is 1. The Hall–Kier alpha value is -0.870. The van der Waals surface area contributed by atoms with Gasteiger partial charge in [0.1, 0.15) is 0 Å². The molecule has 0 aliphatic rings. The molecule has 0 spiro atoms. The second kappa shape index (κ2) is 33.6. The molecule has 0 aromatic rings. The monoisotopic (exact) mass is 580 g/mol. The number of rotatable bonds is 33. The lowest BCUT2D eigenvalue weighted by Gasteiger charge is -2.20. The van der Waals surface area contributed by atoms with Crippen LogP contribution in [0.2, 0.25) is 0 Å². The van der Waals surface area contributed by atoms with E-state index >= 15 is 0 Å². The molecule has 0 saturated heterocycles. The lowest BCUT2D eigenvalue weighted by atomic mass is 10.0. The highest BCUT2D eigenvalue weighted by molar-refractivity contribution is 5.76. The van der Waals surface area contributed by atoms with Crippen LogP contribution in [0, 0.1) is 0 Å². The van der Waals surface area contributed by atoms with Crippen LogP contribution in [-0.4, -0.2) is 34.9 Å². The average Bonchev–Trinajstić information content (AvgIpc) is 2.97. The maximum Gasteiger partial charge on any atom is 0.220 e. The van der Waals surface area contributed by atoms with E-state index < -0.39 is 12.1 Å². The summed E-state index contributed by atoms with van der Waals surface area (Å²) in [6.45, 7) is 4.30. The van der Waals surface area contributed by atoms with Gasteiger partial charge in [0.05, 0.1) is 18.8 Å². The molecule has 0 aromatic carbocycles. The fourth-order valence-corrected chi connectivity index (χ4v) is 5.65. The predicted octanol–water partition coefficient (Wildman–Crippen LogP) is 10.7. The minimum Gasteiger partial charge on any atom is -0.394 e. The van der Waals surface area contributed by atoms with Gasteiger partial charge in [-0.05, 0) is 19.3 Å². The lowest BCUT2D eigenvalue weighted by molar-refractivity contribution is -0.123. The van der Waals surface area contributed by atoms with E-state index in [0.717, 1.165) is 25.7 Å². The zero-order valence-electron chi connectivity index (χ0n) is 27.8. The maximum absolute atomic E-state index is 12.3. The number of hydrogen-bond donors (Lipinski definition) is 3. The van der Waals surface area contributed by atoms with E-state index in [4.69, 9.17) is 0 Å². The van der Waals surface area contributed by atoms with E-state index in [1.54, 1.807) is 6.08 Å². The van der Waals surface area contributed by atoms with Gasteiger partial charge in [-0.3, -0.25) is 4.79 Å². The van der Waals surface area contributed by atoms with E-state index in [9.17, 15) is 15.0 Å². The van der Waals surface area contributed by atoms with Gasteiger partial charge in [0.2, 0.25) is 5.91 Å². The summed E-state index contributed by atoms with van der Waals surface area (Å²) in [5, 5.41) is 22.9. The quantitative estimate of drug-likeness (QED) is 0.0535. The molecule has 3 N–H and O–H groups in total. The smallest absolute Gasteiger partial charge is 0.220 e. The Kier molecular flexibility index (Phi) is 32.9. The van der Waals surface area contributed by atoms with Crippen LogP contribution in [0.25, 0.3) is 0 Å². The van der Waals surface area contributed by atoms with Crippen LogP contribution in [0.5, 0.6) is 0 Å². The van der Waals surface area contributed by atoms with Crippen LogP contribution in [-0.2, 0) is 4.79 Å². The van der Waals surface area contributed by atoms with Crippen molar-refractivity contribution in [1.82, 2.24) is 5.32 Å². The fourth-order valence-electron chi connectivity index (χ4n) is 5.65. The fraction of sp³-hybridized carbons (Fsp3) is 0.919. The Morgan fingerprint density at radius 3 is 1.27 bits per heavy atom. The number of hydrogen-bond acceptors (Lipinski definition) is 3. The second-order valence-electron chi connectivity index (χ2n) is 12.7. The second-order valence-corrected chi connectivity index (χ2v) is 12.7. The molecule has 0 radical (unpaired) electrons.